The summed E-state index contributed by atoms with van der Waals surface area (Å²) in [5.74, 6) is -0.844. The van der Waals surface area contributed by atoms with Gasteiger partial charge < -0.3 is 14.7 Å². The normalized spacial score (nSPS) is 17.5. The van der Waals surface area contributed by atoms with Crippen LogP contribution >= 0.6 is 0 Å². The predicted molar refractivity (Wildman–Crippen MR) is 142 cm³/mol. The third-order valence-corrected chi connectivity index (χ3v) is 6.81. The van der Waals surface area contributed by atoms with Gasteiger partial charge in [-0.25, -0.2) is 0 Å². The Labute approximate surface area is 213 Å². The molecule has 1 saturated heterocycles. The second kappa shape index (κ2) is 9.65. The summed E-state index contributed by atoms with van der Waals surface area (Å²) in [6.45, 7) is 10.4. The number of carbonyl (C=O) groups is 2. The van der Waals surface area contributed by atoms with Crippen LogP contribution in [0, 0.1) is 13.8 Å². The van der Waals surface area contributed by atoms with E-state index in [1.807, 2.05) is 80.6 Å². The minimum atomic E-state index is -0.733. The molecule has 5 nitrogen and oxygen atoms in total. The number of aliphatic hydroxyl groups is 1. The Morgan fingerprint density at radius 2 is 1.64 bits per heavy atom. The van der Waals surface area contributed by atoms with Gasteiger partial charge in [-0.05, 0) is 48.1 Å². The van der Waals surface area contributed by atoms with Gasteiger partial charge in [0.25, 0.3) is 11.7 Å². The molecule has 3 aromatic carbocycles. The van der Waals surface area contributed by atoms with Crippen LogP contribution in [0.15, 0.2) is 72.3 Å². The molecule has 4 rings (SSSR count). The number of carbonyl (C=O) groups excluding carboxylic acids is 2. The maximum absolute atomic E-state index is 13.4. The quantitative estimate of drug-likeness (QED) is 0.265. The van der Waals surface area contributed by atoms with E-state index in [-0.39, 0.29) is 23.3 Å². The van der Waals surface area contributed by atoms with E-state index in [1.165, 1.54) is 4.90 Å². The lowest BCUT2D eigenvalue weighted by Gasteiger charge is -2.27. The minimum Gasteiger partial charge on any atom is -0.507 e. The number of ether oxygens (including phenoxy) is 1. The summed E-state index contributed by atoms with van der Waals surface area (Å²) >= 11 is 0. The number of ketones is 1. The van der Waals surface area contributed by atoms with E-state index in [0.717, 1.165) is 27.8 Å². The fraction of sp³-hybridized carbons (Fsp3) is 0.290. The number of amides is 1. The van der Waals surface area contributed by atoms with Crippen LogP contribution < -0.4 is 4.74 Å². The summed E-state index contributed by atoms with van der Waals surface area (Å²) in [5, 5.41) is 11.5. The number of hydrogen-bond acceptors (Lipinski definition) is 4. The summed E-state index contributed by atoms with van der Waals surface area (Å²) < 4.78 is 5.50. The zero-order chi connectivity index (χ0) is 26.2. The van der Waals surface area contributed by atoms with E-state index in [4.69, 9.17) is 4.74 Å². The van der Waals surface area contributed by atoms with Crippen molar-refractivity contribution in [3.8, 4) is 5.75 Å². The number of aryl methyl sites for hydroxylation is 2. The Balaban J connectivity index is 1.90. The average Bonchev–Trinajstić information content (AvgIpc) is 3.10. The summed E-state index contributed by atoms with van der Waals surface area (Å²) in [5.41, 5.74) is 5.09. The predicted octanol–water partition coefficient (Wildman–Crippen LogP) is 6.23. The maximum atomic E-state index is 13.4. The molecule has 0 saturated carbocycles. The molecule has 1 N–H and O–H groups in total. The van der Waals surface area contributed by atoms with Crippen molar-refractivity contribution in [3.05, 3.63) is 106 Å². The van der Waals surface area contributed by atoms with Crippen LogP contribution in [0.5, 0.6) is 5.75 Å². The van der Waals surface area contributed by atoms with Crippen LogP contribution in [0.1, 0.15) is 60.2 Å². The van der Waals surface area contributed by atoms with Crippen LogP contribution in [0.3, 0.4) is 0 Å². The van der Waals surface area contributed by atoms with Crippen LogP contribution in [-0.4, -0.2) is 28.8 Å². The van der Waals surface area contributed by atoms with Gasteiger partial charge in [-0.3, -0.25) is 9.59 Å². The van der Waals surface area contributed by atoms with Crippen LogP contribution in [0.4, 0.5) is 0 Å². The van der Waals surface area contributed by atoms with Gasteiger partial charge in [-0.15, -0.1) is 0 Å². The molecule has 0 radical (unpaired) electrons. The van der Waals surface area contributed by atoms with Crippen molar-refractivity contribution < 1.29 is 19.4 Å². The van der Waals surface area contributed by atoms with Crippen molar-refractivity contribution >= 4 is 17.4 Å². The molecular weight excluding hydrogens is 450 g/mol. The van der Waals surface area contributed by atoms with Gasteiger partial charge in [0.15, 0.2) is 0 Å². The first-order valence-corrected chi connectivity index (χ1v) is 12.1. The number of nitrogens with zero attached hydrogens (tertiary/aromatic N) is 1. The van der Waals surface area contributed by atoms with Crippen LogP contribution in [-0.2, 0) is 21.5 Å². The fourth-order valence-electron chi connectivity index (χ4n) is 4.71. The van der Waals surface area contributed by atoms with Gasteiger partial charge in [0.05, 0.1) is 25.3 Å². The molecule has 1 heterocycles. The third kappa shape index (κ3) is 4.66. The van der Waals surface area contributed by atoms with Crippen LogP contribution in [0.25, 0.3) is 5.76 Å². The van der Waals surface area contributed by atoms with E-state index in [1.54, 1.807) is 7.11 Å². The first kappa shape index (κ1) is 25.2. The number of likely N-dealkylation sites (tertiary alicyclic amines) is 1. The lowest BCUT2D eigenvalue weighted by molar-refractivity contribution is -0.140. The second-order valence-electron chi connectivity index (χ2n) is 10.4. The number of methoxy groups -OCH3 is 1. The molecule has 1 amide bonds. The topological polar surface area (TPSA) is 66.8 Å². The zero-order valence-corrected chi connectivity index (χ0v) is 21.8. The molecule has 1 aliphatic rings. The second-order valence-corrected chi connectivity index (χ2v) is 10.4. The Morgan fingerprint density at radius 3 is 2.28 bits per heavy atom. The molecule has 0 aliphatic carbocycles. The van der Waals surface area contributed by atoms with Gasteiger partial charge in [-0.2, -0.15) is 0 Å². The van der Waals surface area contributed by atoms with E-state index in [2.05, 4.69) is 20.8 Å². The van der Waals surface area contributed by atoms with Crippen molar-refractivity contribution in [1.29, 1.82) is 0 Å². The van der Waals surface area contributed by atoms with Crippen molar-refractivity contribution in [3.63, 3.8) is 0 Å². The van der Waals surface area contributed by atoms with E-state index in [9.17, 15) is 14.7 Å². The molecule has 1 atom stereocenters. The summed E-state index contributed by atoms with van der Waals surface area (Å²) in [6, 6.07) is 20.4. The maximum Gasteiger partial charge on any atom is 0.295 e. The minimum absolute atomic E-state index is 0.0452. The molecular formula is C31H33NO4. The zero-order valence-electron chi connectivity index (χ0n) is 21.8. The first-order valence-electron chi connectivity index (χ1n) is 12.1. The monoisotopic (exact) mass is 483 g/mol. The Morgan fingerprint density at radius 1 is 0.972 bits per heavy atom. The van der Waals surface area contributed by atoms with Gasteiger partial charge in [0.2, 0.25) is 0 Å². The Kier molecular flexibility index (Phi) is 6.77. The van der Waals surface area contributed by atoms with E-state index in [0.29, 0.717) is 11.3 Å². The van der Waals surface area contributed by atoms with Crippen molar-refractivity contribution in [2.45, 2.75) is 52.6 Å². The molecule has 186 valence electrons. The highest BCUT2D eigenvalue weighted by molar-refractivity contribution is 6.46. The van der Waals surface area contributed by atoms with Gasteiger partial charge in [-0.1, -0.05) is 80.9 Å². The summed E-state index contributed by atoms with van der Waals surface area (Å²) in [4.78, 5) is 28.4. The summed E-state index contributed by atoms with van der Waals surface area (Å²) in [7, 11) is 1.58. The fourth-order valence-corrected chi connectivity index (χ4v) is 4.71. The van der Waals surface area contributed by atoms with Crippen molar-refractivity contribution in [2.75, 3.05) is 7.11 Å². The first-order chi connectivity index (χ1) is 17.0. The van der Waals surface area contributed by atoms with Gasteiger partial charge in [0.1, 0.15) is 11.5 Å². The molecule has 5 heteroatoms. The summed E-state index contributed by atoms with van der Waals surface area (Å²) in [6.07, 6.45) is 0. The number of Topliss-reactive ketones (excluding diaryl/α,β-unsaturated/α-hetero) is 1. The number of benzene rings is 3. The van der Waals surface area contributed by atoms with Gasteiger partial charge in [0, 0.05) is 11.1 Å². The highest BCUT2D eigenvalue weighted by Crippen LogP contribution is 2.42. The van der Waals surface area contributed by atoms with Crippen molar-refractivity contribution in [1.82, 2.24) is 4.90 Å². The Hall–Kier alpha value is -3.86. The van der Waals surface area contributed by atoms with E-state index < -0.39 is 17.7 Å². The molecule has 0 aromatic heterocycles. The average molecular weight is 484 g/mol. The number of para-hydroxylation sites is 1. The SMILES string of the molecule is COc1ccccc1CN1C(=O)C(=O)/C(=C(/O)c2cc(C)ccc2C)C1c1ccc(C(C)(C)C)cc1. The number of hydrogen-bond donors (Lipinski definition) is 1. The largest absolute Gasteiger partial charge is 0.507 e. The number of aliphatic hydroxyl groups excluding tert-OH is 1. The standard InChI is InChI=1S/C31H33NO4/c1-19-11-12-20(2)24(17-19)28(33)26-27(21-13-15-23(16-14-21)31(3,4)5)32(30(35)29(26)34)18-22-9-7-8-10-25(22)36-6/h7-17,27,33H,18H2,1-6H3/b28-26+. The smallest absolute Gasteiger partial charge is 0.295 e. The highest BCUT2D eigenvalue weighted by atomic mass is 16.5. The molecule has 0 spiro atoms. The molecule has 36 heavy (non-hydrogen) atoms. The van der Waals surface area contributed by atoms with Gasteiger partial charge >= 0.3 is 0 Å². The third-order valence-electron chi connectivity index (χ3n) is 6.81. The van der Waals surface area contributed by atoms with Crippen molar-refractivity contribution in [2.24, 2.45) is 0 Å². The molecule has 3 aromatic rings. The number of rotatable bonds is 5. The lowest BCUT2D eigenvalue weighted by atomic mass is 9.85. The van der Waals surface area contributed by atoms with E-state index >= 15 is 0 Å². The van der Waals surface area contributed by atoms with Crippen LogP contribution in [0.2, 0.25) is 0 Å². The lowest BCUT2D eigenvalue weighted by Crippen LogP contribution is -2.29. The molecule has 1 fully saturated rings. The molecule has 1 aliphatic heterocycles. The highest BCUT2D eigenvalue weighted by Gasteiger charge is 2.46. The molecule has 0 bridgehead atoms. The Bertz CT molecular complexity index is 1350. The molecule has 1 unspecified atom stereocenters.